The summed E-state index contributed by atoms with van der Waals surface area (Å²) in [6.07, 6.45) is 2.72. The number of nitrogens with one attached hydrogen (secondary N) is 2. The molecule has 2 N–H and O–H groups in total. The number of sulfonamides is 1. The number of para-hydroxylation sites is 1. The molecule has 2 amide bonds. The summed E-state index contributed by atoms with van der Waals surface area (Å²) in [5.41, 5.74) is 5.85. The third kappa shape index (κ3) is 6.97. The van der Waals surface area contributed by atoms with Gasteiger partial charge in [-0.15, -0.1) is 0 Å². The van der Waals surface area contributed by atoms with Crippen molar-refractivity contribution in [3.8, 4) is 5.69 Å². The van der Waals surface area contributed by atoms with Crippen LogP contribution in [0.2, 0.25) is 0 Å². The fraction of sp³-hybridized carbons (Fsp3) is 0.290. The van der Waals surface area contributed by atoms with Crippen LogP contribution in [0, 0.1) is 19.7 Å². The molecular weight excluding hydrogens is 555 g/mol. The van der Waals surface area contributed by atoms with Crippen LogP contribution in [0.1, 0.15) is 29.8 Å². The van der Waals surface area contributed by atoms with Gasteiger partial charge in [-0.05, 0) is 87.4 Å². The molecule has 11 heteroatoms. The van der Waals surface area contributed by atoms with Crippen LogP contribution in [0.3, 0.4) is 0 Å². The van der Waals surface area contributed by atoms with Crippen molar-refractivity contribution in [2.45, 2.75) is 39.3 Å². The van der Waals surface area contributed by atoms with E-state index in [0.29, 0.717) is 11.4 Å². The summed E-state index contributed by atoms with van der Waals surface area (Å²) in [6, 6.07) is 22.3. The predicted octanol–water partition coefficient (Wildman–Crippen LogP) is 5.70. The largest absolute Gasteiger partial charge is 0.326 e. The van der Waals surface area contributed by atoms with Crippen molar-refractivity contribution in [3.63, 3.8) is 0 Å². The first-order valence-corrected chi connectivity index (χ1v) is 15.7. The molecule has 1 fully saturated rings. The van der Waals surface area contributed by atoms with E-state index in [1.807, 2.05) is 65.9 Å². The second kappa shape index (κ2) is 12.3. The first-order chi connectivity index (χ1) is 20.1. The van der Waals surface area contributed by atoms with Gasteiger partial charge in [0.1, 0.15) is 5.82 Å². The van der Waals surface area contributed by atoms with E-state index in [4.69, 9.17) is 5.10 Å². The summed E-state index contributed by atoms with van der Waals surface area (Å²) in [7, 11) is -3.34. The van der Waals surface area contributed by atoms with E-state index in [2.05, 4.69) is 14.9 Å². The molecule has 0 atom stereocenters. The zero-order valence-corrected chi connectivity index (χ0v) is 24.7. The quantitative estimate of drug-likeness (QED) is 0.274. The van der Waals surface area contributed by atoms with Crippen molar-refractivity contribution in [1.29, 1.82) is 0 Å². The van der Waals surface area contributed by atoms with Gasteiger partial charge in [-0.3, -0.25) is 14.5 Å². The zero-order chi connectivity index (χ0) is 29.9. The van der Waals surface area contributed by atoms with Crippen molar-refractivity contribution < 1.29 is 17.6 Å². The summed E-state index contributed by atoms with van der Waals surface area (Å²) in [5.74, 6) is -0.351. The number of nitrogens with zero attached hydrogens (tertiary/aromatic N) is 4. The Labute approximate surface area is 246 Å². The van der Waals surface area contributed by atoms with E-state index >= 15 is 0 Å². The molecular formula is C31H35FN6O3S. The molecule has 1 aliphatic heterocycles. The molecule has 1 aliphatic rings. The van der Waals surface area contributed by atoms with Crippen LogP contribution >= 0.6 is 0 Å². The van der Waals surface area contributed by atoms with Crippen LogP contribution in [0.4, 0.5) is 26.2 Å². The first-order valence-electron chi connectivity index (χ1n) is 13.8. The Hall–Kier alpha value is -4.22. The summed E-state index contributed by atoms with van der Waals surface area (Å²) in [6.45, 7) is 6.41. The molecule has 9 nitrogen and oxygen atoms in total. The fourth-order valence-corrected chi connectivity index (χ4v) is 5.96. The number of anilines is 3. The number of halogens is 1. The first kappa shape index (κ1) is 29.3. The minimum Gasteiger partial charge on any atom is -0.308 e. The highest BCUT2D eigenvalue weighted by Crippen LogP contribution is 2.27. The second-order valence-electron chi connectivity index (χ2n) is 10.6. The SMILES string of the molecule is Cc1nn(-c2ccc(NS(C)(=O)=O)cc2)c(C)c1CN1CCC(N(C(=O)Nc2ccc(F)cc2)c2ccccc2)CC1. The average molecular weight is 591 g/mol. The van der Waals surface area contributed by atoms with Gasteiger partial charge in [-0.25, -0.2) is 22.3 Å². The number of urea groups is 1. The molecule has 0 aliphatic carbocycles. The van der Waals surface area contributed by atoms with Crippen molar-refractivity contribution in [2.75, 3.05) is 34.3 Å². The number of benzene rings is 3. The molecule has 1 aromatic heterocycles. The zero-order valence-electron chi connectivity index (χ0n) is 23.9. The number of rotatable bonds is 8. The highest BCUT2D eigenvalue weighted by atomic mass is 32.2. The van der Waals surface area contributed by atoms with Gasteiger partial charge in [0.15, 0.2) is 0 Å². The number of carbonyl (C=O) groups excluding carboxylic acids is 1. The van der Waals surface area contributed by atoms with Gasteiger partial charge in [0.2, 0.25) is 10.0 Å². The van der Waals surface area contributed by atoms with Gasteiger partial charge in [0.05, 0.1) is 17.6 Å². The lowest BCUT2D eigenvalue weighted by molar-refractivity contribution is 0.199. The lowest BCUT2D eigenvalue weighted by Crippen LogP contribution is -2.49. The number of aryl methyl sites for hydroxylation is 1. The Morgan fingerprint density at radius 3 is 2.19 bits per heavy atom. The molecule has 0 saturated carbocycles. The summed E-state index contributed by atoms with van der Waals surface area (Å²) < 4.78 is 40.8. The molecule has 2 heterocycles. The highest BCUT2D eigenvalue weighted by molar-refractivity contribution is 7.92. The summed E-state index contributed by atoms with van der Waals surface area (Å²) in [4.78, 5) is 17.7. The van der Waals surface area contributed by atoms with Gasteiger partial charge in [0.25, 0.3) is 0 Å². The normalized spacial score (nSPS) is 14.5. The number of hydrogen-bond acceptors (Lipinski definition) is 5. The molecule has 5 rings (SSSR count). The molecule has 42 heavy (non-hydrogen) atoms. The minimum atomic E-state index is -3.34. The van der Waals surface area contributed by atoms with Gasteiger partial charge in [-0.1, -0.05) is 18.2 Å². The van der Waals surface area contributed by atoms with Crippen LogP contribution in [0.15, 0.2) is 78.9 Å². The molecule has 220 valence electrons. The Morgan fingerprint density at radius 2 is 1.57 bits per heavy atom. The molecule has 0 bridgehead atoms. The standard InChI is InChI=1S/C31H35FN6O3S/c1-22-30(23(2)38(34-22)29-15-13-26(14-16-29)35-42(3,40)41)21-36-19-17-28(18-20-36)37(27-7-5-4-6-8-27)31(39)33-25-11-9-24(32)10-12-25/h4-16,28,35H,17-21H2,1-3H3,(H,33,39). The number of carbonyl (C=O) groups is 1. The maximum atomic E-state index is 13.4. The van der Waals surface area contributed by atoms with Gasteiger partial charge < -0.3 is 5.32 Å². The van der Waals surface area contributed by atoms with E-state index in [9.17, 15) is 17.6 Å². The Bertz CT molecular complexity index is 1630. The predicted molar refractivity (Wildman–Crippen MR) is 164 cm³/mol. The second-order valence-corrected chi connectivity index (χ2v) is 12.4. The molecule has 0 spiro atoms. The molecule has 0 radical (unpaired) electrons. The molecule has 1 saturated heterocycles. The third-order valence-electron chi connectivity index (χ3n) is 7.51. The van der Waals surface area contributed by atoms with Gasteiger partial charge in [0, 0.05) is 54.0 Å². The lowest BCUT2D eigenvalue weighted by Gasteiger charge is -2.38. The van der Waals surface area contributed by atoms with Crippen LogP contribution in [-0.2, 0) is 16.6 Å². The van der Waals surface area contributed by atoms with Crippen molar-refractivity contribution in [1.82, 2.24) is 14.7 Å². The van der Waals surface area contributed by atoms with Crippen LogP contribution in [0.25, 0.3) is 5.69 Å². The van der Waals surface area contributed by atoms with E-state index in [0.717, 1.165) is 67.1 Å². The molecule has 3 aromatic carbocycles. The maximum absolute atomic E-state index is 13.4. The molecule has 0 unspecified atom stereocenters. The maximum Gasteiger partial charge on any atom is 0.326 e. The van der Waals surface area contributed by atoms with Crippen LogP contribution < -0.4 is 14.9 Å². The van der Waals surface area contributed by atoms with Crippen LogP contribution in [-0.4, -0.2) is 54.5 Å². The van der Waals surface area contributed by atoms with Gasteiger partial charge in [-0.2, -0.15) is 5.10 Å². The van der Waals surface area contributed by atoms with E-state index in [1.165, 1.54) is 12.1 Å². The number of likely N-dealkylation sites (tertiary alicyclic amines) is 1. The van der Waals surface area contributed by atoms with E-state index in [1.54, 1.807) is 24.3 Å². The monoisotopic (exact) mass is 590 g/mol. The minimum absolute atomic E-state index is 0.00748. The highest BCUT2D eigenvalue weighted by Gasteiger charge is 2.30. The topological polar surface area (TPSA) is 99.6 Å². The fourth-order valence-electron chi connectivity index (χ4n) is 5.40. The van der Waals surface area contributed by atoms with Crippen molar-refractivity contribution >= 4 is 33.1 Å². The van der Waals surface area contributed by atoms with Crippen molar-refractivity contribution in [2.24, 2.45) is 0 Å². The Kier molecular flexibility index (Phi) is 8.60. The number of hydrogen-bond donors (Lipinski definition) is 2. The van der Waals surface area contributed by atoms with E-state index < -0.39 is 10.0 Å². The van der Waals surface area contributed by atoms with E-state index in [-0.39, 0.29) is 17.9 Å². The summed E-state index contributed by atoms with van der Waals surface area (Å²) in [5, 5.41) is 7.69. The summed E-state index contributed by atoms with van der Waals surface area (Å²) >= 11 is 0. The number of piperidine rings is 1. The lowest BCUT2D eigenvalue weighted by atomic mass is 10.0. The number of amides is 2. The third-order valence-corrected chi connectivity index (χ3v) is 8.12. The smallest absolute Gasteiger partial charge is 0.308 e. The van der Waals surface area contributed by atoms with Crippen LogP contribution in [0.5, 0.6) is 0 Å². The molecule has 4 aromatic rings. The van der Waals surface area contributed by atoms with Gasteiger partial charge >= 0.3 is 6.03 Å². The Balaban J connectivity index is 1.26. The van der Waals surface area contributed by atoms with Crippen molar-refractivity contribution in [3.05, 3.63) is 102 Å². The number of aromatic nitrogens is 2. The Morgan fingerprint density at radius 1 is 0.952 bits per heavy atom. The average Bonchev–Trinajstić information content (AvgIpc) is 3.24.